The third-order valence-corrected chi connectivity index (χ3v) is 37.8. The molecular weight excluding hydrogens is 1570 g/mol. The lowest BCUT2D eigenvalue weighted by Crippen LogP contribution is -2.52. The highest BCUT2D eigenvalue weighted by Crippen LogP contribution is 2.69. The number of carbonyl (C=O) groups excluding carboxylic acids is 4. The van der Waals surface area contributed by atoms with E-state index in [0.717, 1.165) is 152 Å². The Morgan fingerprint density at radius 2 is 0.547 bits per heavy atom. The fourth-order valence-electron chi connectivity index (χ4n) is 26.6. The zero-order valence-electron chi connectivity index (χ0n) is 68.1. The molecule has 6 aromatic rings. The number of halogens is 2. The lowest BCUT2D eigenvalue weighted by atomic mass is 9.45. The highest BCUT2D eigenvalue weighted by atomic mass is 32.3. The van der Waals surface area contributed by atoms with Crippen molar-refractivity contribution < 1.29 is 91.8 Å². The van der Waals surface area contributed by atoms with Crippen molar-refractivity contribution in [2.24, 2.45) is 116 Å². The summed E-state index contributed by atoms with van der Waals surface area (Å²) in [5.41, 5.74) is 0.182. The Morgan fingerprint density at radius 3 is 0.726 bits per heavy atom. The predicted molar refractivity (Wildman–Crippen MR) is 435 cm³/mol. The standard InChI is InChI=1S/2C46H55O6S.CH2F2O6S2/c2*1-28-34-18-30-16-31(19-34)23-45(28,22-30)26-41(47)51-37-12-8-14-39(43(37)49-3)53(36-10-6-5-7-11-36)40-15-9-13-38(44(40)50-4)52-42(48)27-46-24-32-17-33(25-46)21-35(20-32)29(46)2;2-1(3,10(4,5)6)11(7,8)9/h2*5-15,28-35H,16-27H2,1-4H3;(H,4,5,6)(H,7,8,9)/q2*+1;/p-2. The minimum atomic E-state index is -6.44. The minimum Gasteiger partial charge on any atom is -0.743 e. The third-order valence-electron chi connectivity index (χ3n) is 30.9. The first-order valence-electron chi connectivity index (χ1n) is 42.2. The van der Waals surface area contributed by atoms with Crippen molar-refractivity contribution in [2.45, 2.75) is 216 Å². The number of methoxy groups -OCH3 is 4. The zero-order chi connectivity index (χ0) is 82.5. The normalized spacial score (nSPS) is 33.3. The predicted octanol–water partition coefficient (Wildman–Crippen LogP) is 19.3. The second-order valence-electron chi connectivity index (χ2n) is 37.4. The molecule has 18 nitrogen and oxygen atoms in total. The fraction of sp³-hybridized carbons (Fsp3) is 0.570. The molecule has 0 amide bonds. The van der Waals surface area contributed by atoms with E-state index in [2.05, 4.69) is 52.0 Å². The zero-order valence-corrected chi connectivity index (χ0v) is 71.4. The third kappa shape index (κ3) is 16.0. The fourth-order valence-corrected chi connectivity index (χ4v) is 32.3. The van der Waals surface area contributed by atoms with Gasteiger partial charge in [-0.25, -0.2) is 16.8 Å². The highest BCUT2D eigenvalue weighted by molar-refractivity contribution is 8.04. The van der Waals surface area contributed by atoms with Gasteiger partial charge < -0.3 is 47.0 Å². The summed E-state index contributed by atoms with van der Waals surface area (Å²) >= 11 is 0. The molecule has 0 radical (unpaired) electrons. The largest absolute Gasteiger partial charge is 0.743 e. The molecule has 16 bridgehead atoms. The van der Waals surface area contributed by atoms with Crippen LogP contribution in [0.15, 0.2) is 163 Å². The molecular formula is C93H110F2O18S4. The molecule has 12 atom stereocenters. The summed E-state index contributed by atoms with van der Waals surface area (Å²) in [4.78, 5) is 61.1. The van der Waals surface area contributed by atoms with Crippen molar-refractivity contribution in [3.05, 3.63) is 133 Å². The first-order valence-corrected chi connectivity index (χ1v) is 47.5. The second-order valence-corrected chi connectivity index (χ2v) is 44.4. The molecule has 6 aromatic carbocycles. The number of esters is 4. The van der Waals surface area contributed by atoms with Crippen LogP contribution in [0.2, 0.25) is 0 Å². The van der Waals surface area contributed by atoms with E-state index in [1.54, 1.807) is 28.4 Å². The van der Waals surface area contributed by atoms with Crippen molar-refractivity contribution in [3.8, 4) is 46.0 Å². The summed E-state index contributed by atoms with van der Waals surface area (Å²) < 4.78 is 124. The van der Waals surface area contributed by atoms with Gasteiger partial charge in [-0.2, -0.15) is 8.78 Å². The van der Waals surface area contributed by atoms with E-state index < -0.39 is 46.6 Å². The first kappa shape index (κ1) is 83.4. The average molecular weight is 1680 g/mol. The van der Waals surface area contributed by atoms with E-state index in [9.17, 15) is 53.9 Å². The Labute approximate surface area is 693 Å². The number of para-hydroxylation sites is 4. The Hall–Kier alpha value is -7.22. The Bertz CT molecular complexity index is 4370. The molecule has 12 unspecified atom stereocenters. The lowest BCUT2D eigenvalue weighted by molar-refractivity contribution is -0.151. The van der Waals surface area contributed by atoms with E-state index in [1.807, 2.05) is 109 Å². The van der Waals surface area contributed by atoms with Crippen molar-refractivity contribution in [3.63, 3.8) is 0 Å². The number of alkyl halides is 2. The van der Waals surface area contributed by atoms with E-state index in [1.165, 1.54) is 77.0 Å². The highest BCUT2D eigenvalue weighted by Gasteiger charge is 2.61. The molecule has 24 heteroatoms. The smallest absolute Gasteiger partial charge is 0.422 e. The maximum atomic E-state index is 13.9. The van der Waals surface area contributed by atoms with Crippen LogP contribution in [0.25, 0.3) is 0 Å². The molecule has 16 fully saturated rings. The molecule has 0 N–H and O–H groups in total. The summed E-state index contributed by atoms with van der Waals surface area (Å²) in [7, 11) is -7.82. The van der Waals surface area contributed by atoms with Gasteiger partial charge in [0.15, 0.2) is 53.0 Å². The quantitative estimate of drug-likeness (QED) is 0.0236. The summed E-state index contributed by atoms with van der Waals surface area (Å²) in [5, 5.41) is 0. The van der Waals surface area contributed by atoms with Crippen LogP contribution >= 0.6 is 0 Å². The molecule has 16 saturated carbocycles. The van der Waals surface area contributed by atoms with E-state index in [0.29, 0.717) is 95.4 Å². The Kier molecular flexibility index (Phi) is 23.3. The number of benzene rings is 6. The maximum Gasteiger partial charge on any atom is 0.422 e. The first-order chi connectivity index (χ1) is 55.8. The number of carbonyl (C=O) groups is 4. The average Bonchev–Trinajstić information content (AvgIpc) is 0.740. The van der Waals surface area contributed by atoms with Crippen LogP contribution in [0.4, 0.5) is 8.78 Å². The van der Waals surface area contributed by atoms with Crippen LogP contribution < -0.4 is 37.9 Å². The maximum absolute atomic E-state index is 13.9. The molecule has 0 spiro atoms. The molecule has 628 valence electrons. The van der Waals surface area contributed by atoms with Crippen LogP contribution in [0.1, 0.15) is 182 Å². The Balaban J connectivity index is 0.000000155. The van der Waals surface area contributed by atoms with E-state index >= 15 is 0 Å². The monoisotopic (exact) mass is 1680 g/mol. The summed E-state index contributed by atoms with van der Waals surface area (Å²) in [6.07, 6.45) is 27.0. The van der Waals surface area contributed by atoms with Gasteiger partial charge in [-0.1, -0.05) is 88.4 Å². The molecule has 0 aromatic heterocycles. The van der Waals surface area contributed by atoms with Gasteiger partial charge in [-0.3, -0.25) is 19.2 Å². The minimum absolute atomic E-state index is 0.0456. The molecule has 16 aliphatic rings. The molecule has 16 aliphatic carbocycles. The van der Waals surface area contributed by atoms with Crippen molar-refractivity contribution in [2.75, 3.05) is 28.4 Å². The van der Waals surface area contributed by atoms with Crippen LogP contribution in [-0.4, -0.2) is 82.8 Å². The van der Waals surface area contributed by atoms with E-state index in [4.69, 9.17) is 37.9 Å². The van der Waals surface area contributed by atoms with E-state index in [-0.39, 0.29) is 45.5 Å². The van der Waals surface area contributed by atoms with Crippen LogP contribution in [0.3, 0.4) is 0 Å². The summed E-state index contributed by atoms with van der Waals surface area (Å²) in [6.45, 7) is 9.52. The van der Waals surface area contributed by atoms with Crippen molar-refractivity contribution in [1.82, 2.24) is 0 Å². The van der Waals surface area contributed by atoms with Crippen molar-refractivity contribution >= 4 is 65.9 Å². The second kappa shape index (κ2) is 32.6. The molecule has 0 aliphatic heterocycles. The Morgan fingerprint density at radius 1 is 0.342 bits per heavy atom. The molecule has 0 saturated heterocycles. The van der Waals surface area contributed by atoms with Crippen LogP contribution in [0, 0.1) is 116 Å². The van der Waals surface area contributed by atoms with Gasteiger partial charge in [0.25, 0.3) is 0 Å². The summed E-state index contributed by atoms with van der Waals surface area (Å²) in [5.74, 6) is 14.4. The number of ether oxygens (including phenoxy) is 8. The number of hydrogen-bond acceptors (Lipinski definition) is 18. The van der Waals surface area contributed by atoms with Gasteiger partial charge in [0.2, 0.25) is 42.6 Å². The van der Waals surface area contributed by atoms with Gasteiger partial charge in [-0.15, -0.1) is 0 Å². The number of hydrogen-bond donors (Lipinski definition) is 0. The van der Waals surface area contributed by atoms with Gasteiger partial charge in [0.05, 0.1) is 54.1 Å². The van der Waals surface area contributed by atoms with Crippen LogP contribution in [-0.2, 0) is 61.2 Å². The van der Waals surface area contributed by atoms with Crippen LogP contribution in [0.5, 0.6) is 46.0 Å². The SMILES string of the molecule is COc1c(OC(=O)CC23CC4CC(CC(C4)C2C)C3)cccc1[S+](c1ccccc1)c1cccc(OC(=O)CC23CC4CC(CC(C4)C2C)C3)c1OC.COc1c(OC(=O)CC23CC4CC(CC(C4)C2C)C3)cccc1[S+](c1ccccc1)c1cccc(OC(=O)CC23CC4CC(CC(C4)C2C)C3)c1OC.O=S(=O)([O-])C(F)(F)S(=O)(=O)[O-]. The van der Waals surface area contributed by atoms with Gasteiger partial charge in [0, 0.05) is 0 Å². The van der Waals surface area contributed by atoms with Gasteiger partial charge in [0.1, 0.15) is 21.8 Å². The van der Waals surface area contributed by atoms with Gasteiger partial charge in [-0.05, 0) is 318 Å². The van der Waals surface area contributed by atoms with Gasteiger partial charge >= 0.3 is 28.5 Å². The topological polar surface area (TPSA) is 257 Å². The number of rotatable bonds is 24. The lowest BCUT2D eigenvalue weighted by Gasteiger charge is -2.60. The molecule has 22 rings (SSSR count). The van der Waals surface area contributed by atoms with Crippen molar-refractivity contribution in [1.29, 1.82) is 0 Å². The molecule has 117 heavy (non-hydrogen) atoms. The molecule has 0 heterocycles. The summed E-state index contributed by atoms with van der Waals surface area (Å²) in [6, 6.07) is 43.8.